The van der Waals surface area contributed by atoms with Crippen LogP contribution in [0.1, 0.15) is 21.5 Å². The molecule has 0 radical (unpaired) electrons. The second-order valence-electron chi connectivity index (χ2n) is 8.40. The number of hydrogen-bond donors (Lipinski definition) is 0. The zero-order chi connectivity index (χ0) is 24.8. The van der Waals surface area contributed by atoms with Gasteiger partial charge in [0.2, 0.25) is 0 Å². The van der Waals surface area contributed by atoms with Gasteiger partial charge in [-0.3, -0.25) is 9.80 Å². The number of halogens is 2. The molecule has 0 saturated carbocycles. The maximum atomic E-state index is 13.8. The second kappa shape index (κ2) is 11.3. The van der Waals surface area contributed by atoms with Crippen LogP contribution in [0.4, 0.5) is 14.9 Å². The Kier molecular flexibility index (Phi) is 8.00. The van der Waals surface area contributed by atoms with Gasteiger partial charge in [-0.25, -0.2) is 14.0 Å². The first-order valence-electron chi connectivity index (χ1n) is 11.4. The lowest BCUT2D eigenvalue weighted by molar-refractivity contribution is 0.0600. The number of nitrogens with zero attached hydrogens (tertiary/aromatic N) is 3. The lowest BCUT2D eigenvalue weighted by atomic mass is 10.1. The summed E-state index contributed by atoms with van der Waals surface area (Å²) in [6.07, 6.45) is 0. The summed E-state index contributed by atoms with van der Waals surface area (Å²) in [6, 6.07) is 21.2. The van der Waals surface area contributed by atoms with Crippen LogP contribution in [-0.4, -0.2) is 55.1 Å². The van der Waals surface area contributed by atoms with Gasteiger partial charge in [0.05, 0.1) is 24.2 Å². The van der Waals surface area contributed by atoms with Crippen molar-refractivity contribution in [2.75, 3.05) is 38.2 Å². The highest BCUT2D eigenvalue weighted by molar-refractivity contribution is 6.31. The van der Waals surface area contributed by atoms with E-state index in [0.717, 1.165) is 25.2 Å². The smallest absolute Gasteiger partial charge is 0.337 e. The number of ether oxygens (including phenoxy) is 1. The molecule has 1 aliphatic heterocycles. The summed E-state index contributed by atoms with van der Waals surface area (Å²) < 4.78 is 18.6. The third-order valence-electron chi connectivity index (χ3n) is 6.05. The van der Waals surface area contributed by atoms with Gasteiger partial charge >= 0.3 is 12.0 Å². The van der Waals surface area contributed by atoms with Gasteiger partial charge in [0.25, 0.3) is 0 Å². The lowest BCUT2D eigenvalue weighted by Crippen LogP contribution is -2.52. The van der Waals surface area contributed by atoms with Gasteiger partial charge in [0, 0.05) is 38.4 Å². The van der Waals surface area contributed by atoms with Crippen LogP contribution in [0.15, 0.2) is 72.8 Å². The predicted octanol–water partition coefficient (Wildman–Crippen LogP) is 5.21. The molecule has 1 aliphatic rings. The van der Waals surface area contributed by atoms with E-state index in [-0.39, 0.29) is 17.6 Å². The fraction of sp³-hybridized carbons (Fsp3) is 0.259. The minimum Gasteiger partial charge on any atom is -0.465 e. The van der Waals surface area contributed by atoms with E-state index in [2.05, 4.69) is 17.0 Å². The molecule has 1 heterocycles. The first-order chi connectivity index (χ1) is 16.9. The fourth-order valence-corrected chi connectivity index (χ4v) is 4.25. The third-order valence-corrected chi connectivity index (χ3v) is 6.34. The number of hydrogen-bond acceptors (Lipinski definition) is 4. The highest BCUT2D eigenvalue weighted by Crippen LogP contribution is 2.26. The quantitative estimate of drug-likeness (QED) is 0.440. The van der Waals surface area contributed by atoms with Crippen LogP contribution in [0.3, 0.4) is 0 Å². The van der Waals surface area contributed by atoms with Crippen molar-refractivity contribution in [3.63, 3.8) is 0 Å². The molecular formula is C27H27ClFN3O3. The van der Waals surface area contributed by atoms with Crippen molar-refractivity contribution in [2.24, 2.45) is 0 Å². The Labute approximate surface area is 209 Å². The highest BCUT2D eigenvalue weighted by Gasteiger charge is 2.27. The molecule has 3 aromatic rings. The van der Waals surface area contributed by atoms with Gasteiger partial charge in [-0.05, 0) is 41.5 Å². The molecule has 0 N–H and O–H groups in total. The number of rotatable bonds is 6. The number of carbonyl (C=O) groups is 2. The number of anilines is 1. The zero-order valence-electron chi connectivity index (χ0n) is 19.5. The summed E-state index contributed by atoms with van der Waals surface area (Å²) in [5.41, 5.74) is 2.98. The van der Waals surface area contributed by atoms with Gasteiger partial charge in [0.1, 0.15) is 5.82 Å². The Morgan fingerprint density at radius 1 is 0.943 bits per heavy atom. The van der Waals surface area contributed by atoms with Crippen LogP contribution in [-0.2, 0) is 17.8 Å². The van der Waals surface area contributed by atoms with Crippen LogP contribution in [0.25, 0.3) is 0 Å². The van der Waals surface area contributed by atoms with E-state index in [0.29, 0.717) is 24.3 Å². The molecule has 1 saturated heterocycles. The first-order valence-corrected chi connectivity index (χ1v) is 11.8. The SMILES string of the molecule is COC(=O)c1ccc(CN(C(=O)N2CCN(Cc3ccccc3)CC2)c2ccc(F)c(Cl)c2)cc1. The van der Waals surface area contributed by atoms with Gasteiger partial charge < -0.3 is 9.64 Å². The number of benzene rings is 3. The molecule has 0 spiro atoms. The molecule has 35 heavy (non-hydrogen) atoms. The minimum absolute atomic E-state index is 0.0472. The molecule has 8 heteroatoms. The summed E-state index contributed by atoms with van der Waals surface area (Å²) in [4.78, 5) is 31.1. The summed E-state index contributed by atoms with van der Waals surface area (Å²) in [5, 5.41) is -0.0472. The molecule has 0 bridgehead atoms. The Morgan fingerprint density at radius 3 is 2.26 bits per heavy atom. The molecule has 4 rings (SSSR count). The molecule has 1 fully saturated rings. The van der Waals surface area contributed by atoms with E-state index >= 15 is 0 Å². The molecule has 182 valence electrons. The summed E-state index contributed by atoms with van der Waals surface area (Å²) >= 11 is 6.03. The topological polar surface area (TPSA) is 53.1 Å². The van der Waals surface area contributed by atoms with Crippen molar-refractivity contribution in [1.82, 2.24) is 9.80 Å². The molecule has 0 aliphatic carbocycles. The number of esters is 1. The molecule has 0 aromatic heterocycles. The van der Waals surface area contributed by atoms with E-state index in [9.17, 15) is 14.0 Å². The van der Waals surface area contributed by atoms with Crippen molar-refractivity contribution in [2.45, 2.75) is 13.1 Å². The molecule has 2 amide bonds. The number of piperazine rings is 1. The van der Waals surface area contributed by atoms with Crippen LogP contribution in [0.5, 0.6) is 0 Å². The summed E-state index contributed by atoms with van der Waals surface area (Å²) in [5.74, 6) is -0.969. The molecule has 3 aromatic carbocycles. The largest absolute Gasteiger partial charge is 0.465 e. The zero-order valence-corrected chi connectivity index (χ0v) is 20.2. The van der Waals surface area contributed by atoms with E-state index in [4.69, 9.17) is 16.3 Å². The van der Waals surface area contributed by atoms with Crippen molar-refractivity contribution in [3.05, 3.63) is 100 Å². The van der Waals surface area contributed by atoms with Gasteiger partial charge in [0.15, 0.2) is 0 Å². The lowest BCUT2D eigenvalue weighted by Gasteiger charge is -2.37. The fourth-order valence-electron chi connectivity index (χ4n) is 4.08. The van der Waals surface area contributed by atoms with Crippen molar-refractivity contribution >= 4 is 29.3 Å². The first kappa shape index (κ1) is 24.7. The molecule has 0 atom stereocenters. The van der Waals surface area contributed by atoms with Crippen LogP contribution >= 0.6 is 11.6 Å². The second-order valence-corrected chi connectivity index (χ2v) is 8.81. The van der Waals surface area contributed by atoms with E-state index in [1.54, 1.807) is 35.2 Å². The number of urea groups is 1. The van der Waals surface area contributed by atoms with Crippen molar-refractivity contribution < 1.29 is 18.7 Å². The maximum Gasteiger partial charge on any atom is 0.337 e. The van der Waals surface area contributed by atoms with Crippen LogP contribution < -0.4 is 4.90 Å². The monoisotopic (exact) mass is 495 g/mol. The normalized spacial score (nSPS) is 14.0. The van der Waals surface area contributed by atoms with Gasteiger partial charge in [-0.15, -0.1) is 0 Å². The predicted molar refractivity (Wildman–Crippen MR) is 134 cm³/mol. The average molecular weight is 496 g/mol. The summed E-state index contributed by atoms with van der Waals surface area (Å²) in [7, 11) is 1.33. The van der Waals surface area contributed by atoms with E-state index < -0.39 is 11.8 Å². The highest BCUT2D eigenvalue weighted by atomic mass is 35.5. The van der Waals surface area contributed by atoms with Crippen LogP contribution in [0, 0.1) is 5.82 Å². The van der Waals surface area contributed by atoms with Gasteiger partial charge in [-0.1, -0.05) is 54.1 Å². The molecular weight excluding hydrogens is 469 g/mol. The van der Waals surface area contributed by atoms with Gasteiger partial charge in [-0.2, -0.15) is 0 Å². The maximum absolute atomic E-state index is 13.8. The average Bonchev–Trinajstić information content (AvgIpc) is 2.89. The molecule has 0 unspecified atom stereocenters. The van der Waals surface area contributed by atoms with Crippen molar-refractivity contribution in [1.29, 1.82) is 0 Å². The Morgan fingerprint density at radius 2 is 1.63 bits per heavy atom. The Balaban J connectivity index is 1.49. The van der Waals surface area contributed by atoms with E-state index in [1.807, 2.05) is 23.1 Å². The molecule has 6 nitrogen and oxygen atoms in total. The number of amides is 2. The number of methoxy groups -OCH3 is 1. The number of carbonyl (C=O) groups excluding carboxylic acids is 2. The van der Waals surface area contributed by atoms with Crippen molar-refractivity contribution in [3.8, 4) is 0 Å². The Hall–Kier alpha value is -3.42. The standard InChI is InChI=1S/C27H27ClFN3O3/c1-35-26(33)22-9-7-21(8-10-22)19-32(23-11-12-25(29)24(28)17-23)27(34)31-15-13-30(14-16-31)18-20-5-3-2-4-6-20/h2-12,17H,13-16,18-19H2,1H3. The van der Waals surface area contributed by atoms with E-state index in [1.165, 1.54) is 24.8 Å². The summed E-state index contributed by atoms with van der Waals surface area (Å²) in [6.45, 7) is 3.76. The minimum atomic E-state index is -0.542. The Bertz CT molecular complexity index is 1170. The third kappa shape index (κ3) is 6.18. The van der Waals surface area contributed by atoms with Crippen LogP contribution in [0.2, 0.25) is 5.02 Å².